The Balaban J connectivity index is 2.27. The molecule has 0 fully saturated rings. The molecular weight excluding hydrogens is 208 g/mol. The first kappa shape index (κ1) is 14.0. The maximum absolute atomic E-state index is 10.0. The monoisotopic (exact) mass is 232 g/mol. The number of rotatable bonds is 8. The van der Waals surface area contributed by atoms with Gasteiger partial charge < -0.3 is 5.11 Å². The van der Waals surface area contributed by atoms with Crippen LogP contribution in [0.5, 0.6) is 0 Å². The maximum atomic E-state index is 10.0. The summed E-state index contributed by atoms with van der Waals surface area (Å²) >= 11 is 0. The van der Waals surface area contributed by atoms with Crippen LogP contribution >= 0.6 is 0 Å². The fourth-order valence-corrected chi connectivity index (χ4v) is 1.93. The molecule has 0 amide bonds. The fourth-order valence-electron chi connectivity index (χ4n) is 1.93. The summed E-state index contributed by atoms with van der Waals surface area (Å²) in [6, 6.07) is 10.1. The highest BCUT2D eigenvalue weighted by atomic mass is 16.3. The Kier molecular flexibility index (Phi) is 6.64. The minimum absolute atomic E-state index is 0.390. The normalized spacial score (nSPS) is 12.4. The van der Waals surface area contributed by atoms with Gasteiger partial charge in [0.05, 0.1) is 6.10 Å². The Bertz CT molecular complexity index is 316. The van der Waals surface area contributed by atoms with E-state index < -0.39 is 0 Å². The van der Waals surface area contributed by atoms with Gasteiger partial charge in [0.2, 0.25) is 0 Å². The lowest BCUT2D eigenvalue weighted by molar-refractivity contribution is 0.207. The molecule has 1 N–H and O–H groups in total. The number of aliphatic hydroxyl groups excluding tert-OH is 1. The molecule has 0 saturated heterocycles. The van der Waals surface area contributed by atoms with Crippen molar-refractivity contribution in [3.63, 3.8) is 0 Å². The van der Waals surface area contributed by atoms with E-state index in [1.54, 1.807) is 0 Å². The Morgan fingerprint density at radius 2 is 1.88 bits per heavy atom. The van der Waals surface area contributed by atoms with Crippen LogP contribution < -0.4 is 0 Å². The fraction of sp³-hybridized carbons (Fsp3) is 0.500. The van der Waals surface area contributed by atoms with Crippen molar-refractivity contribution >= 4 is 0 Å². The van der Waals surface area contributed by atoms with E-state index in [2.05, 4.69) is 13.5 Å². The molecule has 1 heteroatoms. The molecule has 0 radical (unpaired) electrons. The summed E-state index contributed by atoms with van der Waals surface area (Å²) in [5, 5.41) is 10.0. The molecule has 1 unspecified atom stereocenters. The molecule has 0 saturated carbocycles. The van der Waals surface area contributed by atoms with Gasteiger partial charge >= 0.3 is 0 Å². The van der Waals surface area contributed by atoms with Crippen LogP contribution in [0.1, 0.15) is 44.6 Å². The van der Waals surface area contributed by atoms with Crippen molar-refractivity contribution < 1.29 is 5.11 Å². The van der Waals surface area contributed by atoms with Gasteiger partial charge in [-0.15, -0.1) is 0 Å². The number of hydrogen-bond acceptors (Lipinski definition) is 1. The van der Waals surface area contributed by atoms with E-state index in [-0.39, 0.29) is 6.10 Å². The number of unbranched alkanes of at least 4 members (excludes halogenated alkanes) is 3. The van der Waals surface area contributed by atoms with E-state index in [4.69, 9.17) is 0 Å². The summed E-state index contributed by atoms with van der Waals surface area (Å²) in [6.45, 7) is 6.21. The third-order valence-corrected chi connectivity index (χ3v) is 3.09. The standard InChI is InChI=1S/C16H24O/c1-3-4-5-7-10-14(2)16(17)13-15-11-8-6-9-12-15/h6,8-9,11-12,16-17H,2-5,7,10,13H2,1H3. The van der Waals surface area contributed by atoms with Crippen molar-refractivity contribution in [2.75, 3.05) is 0 Å². The molecule has 1 nitrogen and oxygen atoms in total. The second kappa shape index (κ2) is 8.08. The molecule has 0 heterocycles. The Morgan fingerprint density at radius 1 is 1.18 bits per heavy atom. The molecule has 94 valence electrons. The van der Waals surface area contributed by atoms with E-state index in [0.717, 1.165) is 18.4 Å². The molecule has 0 aliphatic carbocycles. The first-order valence-corrected chi connectivity index (χ1v) is 6.63. The van der Waals surface area contributed by atoms with Crippen LogP contribution in [0.4, 0.5) is 0 Å². The average molecular weight is 232 g/mol. The molecule has 1 aromatic rings. The van der Waals surface area contributed by atoms with Gasteiger partial charge in [-0.05, 0) is 24.0 Å². The van der Waals surface area contributed by atoms with Gasteiger partial charge in [-0.3, -0.25) is 0 Å². The molecule has 1 aromatic carbocycles. The minimum atomic E-state index is -0.390. The third-order valence-electron chi connectivity index (χ3n) is 3.09. The van der Waals surface area contributed by atoms with Crippen molar-refractivity contribution in [1.29, 1.82) is 0 Å². The predicted octanol–water partition coefficient (Wildman–Crippen LogP) is 4.12. The quantitative estimate of drug-likeness (QED) is 0.528. The SMILES string of the molecule is C=C(CCCCCC)C(O)Cc1ccccc1. The number of benzene rings is 1. The summed E-state index contributed by atoms with van der Waals surface area (Å²) in [5.74, 6) is 0. The van der Waals surface area contributed by atoms with Crippen LogP contribution in [0.3, 0.4) is 0 Å². The van der Waals surface area contributed by atoms with E-state index in [1.807, 2.05) is 30.3 Å². The zero-order valence-corrected chi connectivity index (χ0v) is 10.9. The zero-order valence-electron chi connectivity index (χ0n) is 10.9. The lowest BCUT2D eigenvalue weighted by atomic mass is 9.98. The maximum Gasteiger partial charge on any atom is 0.0787 e. The highest BCUT2D eigenvalue weighted by Gasteiger charge is 2.09. The highest BCUT2D eigenvalue weighted by molar-refractivity contribution is 5.18. The van der Waals surface area contributed by atoms with E-state index in [9.17, 15) is 5.11 Å². The Morgan fingerprint density at radius 3 is 2.53 bits per heavy atom. The Labute approximate surface area is 105 Å². The van der Waals surface area contributed by atoms with Gasteiger partial charge in [0.25, 0.3) is 0 Å². The van der Waals surface area contributed by atoms with Crippen LogP contribution in [-0.2, 0) is 6.42 Å². The van der Waals surface area contributed by atoms with Crippen LogP contribution in [0, 0.1) is 0 Å². The van der Waals surface area contributed by atoms with Crippen molar-refractivity contribution in [3.8, 4) is 0 Å². The van der Waals surface area contributed by atoms with Gasteiger partial charge in [0.15, 0.2) is 0 Å². The average Bonchev–Trinajstić information content (AvgIpc) is 2.35. The van der Waals surface area contributed by atoms with Crippen molar-refractivity contribution in [2.24, 2.45) is 0 Å². The van der Waals surface area contributed by atoms with Crippen LogP contribution in [0.2, 0.25) is 0 Å². The van der Waals surface area contributed by atoms with Gasteiger partial charge in [-0.1, -0.05) is 63.1 Å². The second-order valence-corrected chi connectivity index (χ2v) is 4.67. The van der Waals surface area contributed by atoms with Gasteiger partial charge in [0, 0.05) is 6.42 Å². The lowest BCUT2D eigenvalue weighted by Gasteiger charge is -2.13. The van der Waals surface area contributed by atoms with Crippen molar-refractivity contribution in [1.82, 2.24) is 0 Å². The molecule has 0 aromatic heterocycles. The predicted molar refractivity (Wildman–Crippen MR) is 74.1 cm³/mol. The Hall–Kier alpha value is -1.08. The highest BCUT2D eigenvalue weighted by Crippen LogP contribution is 2.15. The van der Waals surface area contributed by atoms with E-state index >= 15 is 0 Å². The summed E-state index contributed by atoms with van der Waals surface area (Å²) in [5.41, 5.74) is 2.15. The van der Waals surface area contributed by atoms with Crippen LogP contribution in [0.25, 0.3) is 0 Å². The van der Waals surface area contributed by atoms with Gasteiger partial charge in [-0.2, -0.15) is 0 Å². The summed E-state index contributed by atoms with van der Waals surface area (Å²) in [6.07, 6.45) is 6.17. The summed E-state index contributed by atoms with van der Waals surface area (Å²) < 4.78 is 0. The largest absolute Gasteiger partial charge is 0.388 e. The lowest BCUT2D eigenvalue weighted by Crippen LogP contribution is -2.13. The second-order valence-electron chi connectivity index (χ2n) is 4.67. The number of hydrogen-bond donors (Lipinski definition) is 1. The van der Waals surface area contributed by atoms with Crippen LogP contribution in [-0.4, -0.2) is 11.2 Å². The first-order chi connectivity index (χ1) is 8.24. The molecule has 1 atom stereocenters. The van der Waals surface area contributed by atoms with E-state index in [0.29, 0.717) is 6.42 Å². The molecular formula is C16H24O. The zero-order chi connectivity index (χ0) is 12.5. The van der Waals surface area contributed by atoms with Crippen LogP contribution in [0.15, 0.2) is 42.5 Å². The van der Waals surface area contributed by atoms with Crippen molar-refractivity contribution in [3.05, 3.63) is 48.0 Å². The molecule has 1 rings (SSSR count). The van der Waals surface area contributed by atoms with Gasteiger partial charge in [-0.25, -0.2) is 0 Å². The van der Waals surface area contributed by atoms with Gasteiger partial charge in [0.1, 0.15) is 0 Å². The molecule has 0 aliphatic rings. The first-order valence-electron chi connectivity index (χ1n) is 6.63. The smallest absolute Gasteiger partial charge is 0.0787 e. The molecule has 0 bridgehead atoms. The van der Waals surface area contributed by atoms with Crippen molar-refractivity contribution in [2.45, 2.75) is 51.6 Å². The topological polar surface area (TPSA) is 20.2 Å². The molecule has 0 spiro atoms. The molecule has 0 aliphatic heterocycles. The molecule has 17 heavy (non-hydrogen) atoms. The summed E-state index contributed by atoms with van der Waals surface area (Å²) in [4.78, 5) is 0. The van der Waals surface area contributed by atoms with E-state index in [1.165, 1.54) is 24.8 Å². The summed E-state index contributed by atoms with van der Waals surface area (Å²) in [7, 11) is 0. The third kappa shape index (κ3) is 5.69. The minimum Gasteiger partial charge on any atom is -0.388 e. The number of aliphatic hydroxyl groups is 1.